The fourth-order valence-electron chi connectivity index (χ4n) is 2.97. The van der Waals surface area contributed by atoms with Crippen LogP contribution in [0.5, 0.6) is 0 Å². The van der Waals surface area contributed by atoms with Crippen molar-refractivity contribution in [1.82, 2.24) is 5.32 Å². The molecule has 19 heavy (non-hydrogen) atoms. The molecule has 0 saturated heterocycles. The van der Waals surface area contributed by atoms with E-state index < -0.39 is 0 Å². The summed E-state index contributed by atoms with van der Waals surface area (Å²) in [6.45, 7) is 4.37. The molecule has 1 atom stereocenters. The van der Waals surface area contributed by atoms with Crippen LogP contribution in [0.15, 0.2) is 35.7 Å². The van der Waals surface area contributed by atoms with Gasteiger partial charge in [0, 0.05) is 23.7 Å². The highest BCUT2D eigenvalue weighted by Crippen LogP contribution is 2.37. The van der Waals surface area contributed by atoms with E-state index in [0.29, 0.717) is 6.04 Å². The first kappa shape index (κ1) is 12.7. The van der Waals surface area contributed by atoms with Gasteiger partial charge >= 0.3 is 0 Å². The molecule has 2 nitrogen and oxygen atoms in total. The number of thiophene rings is 1. The van der Waals surface area contributed by atoms with Crippen LogP contribution in [0.2, 0.25) is 0 Å². The number of hydrogen-bond acceptors (Lipinski definition) is 3. The van der Waals surface area contributed by atoms with Crippen molar-refractivity contribution in [3.63, 3.8) is 0 Å². The van der Waals surface area contributed by atoms with E-state index in [0.717, 1.165) is 13.1 Å². The second-order valence-electron chi connectivity index (χ2n) is 5.08. The molecule has 1 aromatic carbocycles. The summed E-state index contributed by atoms with van der Waals surface area (Å²) in [6, 6.07) is 11.5. The van der Waals surface area contributed by atoms with E-state index in [1.165, 1.54) is 23.2 Å². The summed E-state index contributed by atoms with van der Waals surface area (Å²) in [4.78, 5) is 4.11. The molecule has 0 bridgehead atoms. The molecule has 3 heteroatoms. The summed E-state index contributed by atoms with van der Waals surface area (Å²) in [5, 5.41) is 5.49. The zero-order valence-corrected chi connectivity index (χ0v) is 12.3. The Morgan fingerprint density at radius 1 is 1.32 bits per heavy atom. The van der Waals surface area contributed by atoms with Gasteiger partial charge in [0.2, 0.25) is 0 Å². The molecule has 0 fully saturated rings. The van der Waals surface area contributed by atoms with Crippen LogP contribution in [0.4, 0.5) is 5.69 Å². The van der Waals surface area contributed by atoms with E-state index in [4.69, 9.17) is 0 Å². The van der Waals surface area contributed by atoms with Crippen molar-refractivity contribution in [1.29, 1.82) is 0 Å². The summed E-state index contributed by atoms with van der Waals surface area (Å²) in [7, 11) is 2.01. The number of nitrogens with one attached hydrogen (secondary N) is 1. The van der Waals surface area contributed by atoms with Crippen LogP contribution < -0.4 is 10.2 Å². The normalized spacial score (nSPS) is 18.4. The van der Waals surface area contributed by atoms with Crippen LogP contribution in [0.25, 0.3) is 0 Å². The van der Waals surface area contributed by atoms with Gasteiger partial charge in [-0.25, -0.2) is 0 Å². The number of anilines is 1. The van der Waals surface area contributed by atoms with E-state index in [1.54, 1.807) is 4.88 Å². The van der Waals surface area contributed by atoms with Crippen molar-refractivity contribution in [2.24, 2.45) is 0 Å². The molecule has 0 saturated carbocycles. The van der Waals surface area contributed by atoms with Crippen molar-refractivity contribution >= 4 is 17.0 Å². The van der Waals surface area contributed by atoms with Gasteiger partial charge in [-0.2, -0.15) is 0 Å². The predicted molar refractivity (Wildman–Crippen MR) is 83.0 cm³/mol. The lowest BCUT2D eigenvalue weighted by Gasteiger charge is -2.36. The van der Waals surface area contributed by atoms with Gasteiger partial charge in [-0.15, -0.1) is 11.3 Å². The Kier molecular flexibility index (Phi) is 3.58. The van der Waals surface area contributed by atoms with Gasteiger partial charge in [0.15, 0.2) is 0 Å². The second-order valence-corrected chi connectivity index (χ2v) is 6.08. The summed E-state index contributed by atoms with van der Waals surface area (Å²) in [5.74, 6) is 0. The molecule has 1 aliphatic heterocycles. The summed E-state index contributed by atoms with van der Waals surface area (Å²) >= 11 is 1.90. The van der Waals surface area contributed by atoms with Gasteiger partial charge < -0.3 is 10.2 Å². The van der Waals surface area contributed by atoms with Crippen LogP contribution >= 0.6 is 11.3 Å². The molecule has 100 valence electrons. The van der Waals surface area contributed by atoms with Crippen LogP contribution in [0.1, 0.15) is 29.0 Å². The lowest BCUT2D eigenvalue weighted by molar-refractivity contribution is 0.628. The molecule has 2 aromatic rings. The fourth-order valence-corrected chi connectivity index (χ4v) is 3.93. The SMILES string of the molecule is CNCc1ccccc1N1CCc2sccc2C1C. The zero-order chi connectivity index (χ0) is 13.2. The Labute approximate surface area is 119 Å². The lowest BCUT2D eigenvalue weighted by atomic mass is 9.99. The Bertz CT molecular complexity index is 561. The Morgan fingerprint density at radius 3 is 3.00 bits per heavy atom. The highest BCUT2D eigenvalue weighted by Gasteiger charge is 2.25. The van der Waals surface area contributed by atoms with Gasteiger partial charge in [0.25, 0.3) is 0 Å². The molecule has 1 unspecified atom stereocenters. The van der Waals surface area contributed by atoms with Gasteiger partial charge in [0.1, 0.15) is 0 Å². The average Bonchev–Trinajstić information content (AvgIpc) is 2.90. The maximum Gasteiger partial charge on any atom is 0.0525 e. The predicted octanol–water partition coefficient (Wildman–Crippen LogP) is 3.59. The third kappa shape index (κ3) is 2.28. The van der Waals surface area contributed by atoms with Crippen molar-refractivity contribution in [2.45, 2.75) is 25.9 Å². The lowest BCUT2D eigenvalue weighted by Crippen LogP contribution is -2.34. The maximum absolute atomic E-state index is 3.27. The summed E-state index contributed by atoms with van der Waals surface area (Å²) < 4.78 is 0. The minimum absolute atomic E-state index is 0.480. The summed E-state index contributed by atoms with van der Waals surface area (Å²) in [6.07, 6.45) is 1.17. The zero-order valence-electron chi connectivity index (χ0n) is 11.5. The van der Waals surface area contributed by atoms with Gasteiger partial charge in [-0.3, -0.25) is 0 Å². The van der Waals surface area contributed by atoms with Crippen LogP contribution in [-0.2, 0) is 13.0 Å². The number of fused-ring (bicyclic) bond motifs is 1. The molecule has 1 aromatic heterocycles. The molecular weight excluding hydrogens is 252 g/mol. The van der Waals surface area contributed by atoms with Crippen LogP contribution in [0, 0.1) is 0 Å². The number of benzene rings is 1. The smallest absolute Gasteiger partial charge is 0.0525 e. The van der Waals surface area contributed by atoms with E-state index >= 15 is 0 Å². The number of nitrogens with zero attached hydrogens (tertiary/aromatic N) is 1. The second kappa shape index (κ2) is 5.35. The number of rotatable bonds is 3. The van der Waals surface area contributed by atoms with Crippen LogP contribution in [0.3, 0.4) is 0 Å². The molecule has 1 aliphatic rings. The van der Waals surface area contributed by atoms with E-state index in [9.17, 15) is 0 Å². The van der Waals surface area contributed by atoms with E-state index in [1.807, 2.05) is 18.4 Å². The number of hydrogen-bond donors (Lipinski definition) is 1. The first-order chi connectivity index (χ1) is 9.31. The Hall–Kier alpha value is -1.32. The van der Waals surface area contributed by atoms with E-state index in [-0.39, 0.29) is 0 Å². The van der Waals surface area contributed by atoms with Crippen LogP contribution in [-0.4, -0.2) is 13.6 Å². The Balaban J connectivity index is 1.95. The molecule has 2 heterocycles. The third-order valence-corrected chi connectivity index (χ3v) is 4.94. The Morgan fingerprint density at radius 2 is 2.16 bits per heavy atom. The topological polar surface area (TPSA) is 15.3 Å². The van der Waals surface area contributed by atoms with Crippen molar-refractivity contribution < 1.29 is 0 Å². The fraction of sp³-hybridized carbons (Fsp3) is 0.375. The first-order valence-electron chi connectivity index (χ1n) is 6.86. The van der Waals surface area contributed by atoms with Gasteiger partial charge in [-0.1, -0.05) is 18.2 Å². The number of para-hydroxylation sites is 1. The highest BCUT2D eigenvalue weighted by molar-refractivity contribution is 7.10. The largest absolute Gasteiger partial charge is 0.364 e. The van der Waals surface area contributed by atoms with Crippen molar-refractivity contribution in [3.8, 4) is 0 Å². The van der Waals surface area contributed by atoms with Gasteiger partial charge in [0.05, 0.1) is 6.04 Å². The molecule has 3 rings (SSSR count). The molecular formula is C16H20N2S. The molecule has 0 spiro atoms. The third-order valence-electron chi connectivity index (χ3n) is 3.95. The maximum atomic E-state index is 3.27. The van der Waals surface area contributed by atoms with Gasteiger partial charge in [-0.05, 0) is 49.0 Å². The standard InChI is InChI=1S/C16H20N2S/c1-12-14-8-10-19-16(14)7-9-18(12)15-6-4-3-5-13(15)11-17-2/h3-6,8,10,12,17H,7,9,11H2,1-2H3. The van der Waals surface area contributed by atoms with Crippen molar-refractivity contribution in [3.05, 3.63) is 51.7 Å². The minimum atomic E-state index is 0.480. The molecule has 0 amide bonds. The molecule has 1 N–H and O–H groups in total. The van der Waals surface area contributed by atoms with Crippen molar-refractivity contribution in [2.75, 3.05) is 18.5 Å². The average molecular weight is 272 g/mol. The summed E-state index contributed by atoms with van der Waals surface area (Å²) in [5.41, 5.74) is 4.27. The monoisotopic (exact) mass is 272 g/mol. The molecule has 0 aliphatic carbocycles. The first-order valence-corrected chi connectivity index (χ1v) is 7.74. The molecule has 0 radical (unpaired) electrons. The van der Waals surface area contributed by atoms with E-state index in [2.05, 4.69) is 52.9 Å². The quantitative estimate of drug-likeness (QED) is 0.918. The minimum Gasteiger partial charge on any atom is -0.364 e. The highest BCUT2D eigenvalue weighted by atomic mass is 32.1.